The zero-order chi connectivity index (χ0) is 14.8. The van der Waals surface area contributed by atoms with Gasteiger partial charge in [-0.2, -0.15) is 0 Å². The third kappa shape index (κ3) is 2.65. The predicted octanol–water partition coefficient (Wildman–Crippen LogP) is 4.75. The summed E-state index contributed by atoms with van der Waals surface area (Å²) in [4.78, 5) is 12.1. The molecule has 1 N–H and O–H groups in total. The summed E-state index contributed by atoms with van der Waals surface area (Å²) in [5.74, 6) is 0. The van der Waals surface area contributed by atoms with Gasteiger partial charge in [-0.15, -0.1) is 0 Å². The van der Waals surface area contributed by atoms with Crippen molar-refractivity contribution >= 4 is 33.9 Å². The molecule has 0 aliphatic heterocycles. The van der Waals surface area contributed by atoms with Crippen molar-refractivity contribution in [2.45, 2.75) is 13.3 Å². The van der Waals surface area contributed by atoms with Gasteiger partial charge in [0.25, 0.3) is 0 Å². The average Bonchev–Trinajstić information content (AvgIpc) is 2.49. The summed E-state index contributed by atoms with van der Waals surface area (Å²) in [5, 5.41) is 4.73. The highest BCUT2D eigenvalue weighted by Gasteiger charge is 2.13. The number of nitrogens with one attached hydrogen (secondary N) is 1. The summed E-state index contributed by atoms with van der Waals surface area (Å²) in [6.07, 6.45) is 0.583. The van der Waals surface area contributed by atoms with Gasteiger partial charge in [0.05, 0.1) is 11.3 Å². The molecule has 0 radical (unpaired) electrons. The van der Waals surface area contributed by atoms with Crippen molar-refractivity contribution in [2.75, 3.05) is 5.32 Å². The van der Waals surface area contributed by atoms with Crippen molar-refractivity contribution in [1.29, 1.82) is 0 Å². The van der Waals surface area contributed by atoms with Gasteiger partial charge in [0.2, 0.25) is 0 Å². The molecule has 3 aromatic rings. The predicted molar refractivity (Wildman–Crippen MR) is 86.6 cm³/mol. The van der Waals surface area contributed by atoms with Crippen LogP contribution >= 0.6 is 11.6 Å². The lowest BCUT2D eigenvalue weighted by atomic mass is 10.1. The minimum absolute atomic E-state index is 0.314. The maximum atomic E-state index is 12.1. The van der Waals surface area contributed by atoms with Gasteiger partial charge in [0.15, 0.2) is 0 Å². The molecule has 0 spiro atoms. The first kappa shape index (κ1) is 13.7. The third-order valence-corrected chi connectivity index (χ3v) is 3.59. The van der Waals surface area contributed by atoms with Crippen LogP contribution in [0.3, 0.4) is 0 Å². The van der Waals surface area contributed by atoms with Gasteiger partial charge in [-0.05, 0) is 36.8 Å². The Hall–Kier alpha value is -2.26. The van der Waals surface area contributed by atoms with Crippen LogP contribution in [0.15, 0.2) is 57.7 Å². The highest BCUT2D eigenvalue weighted by atomic mass is 35.5. The molecular weight excluding hydrogens is 286 g/mol. The number of hydrogen-bond acceptors (Lipinski definition) is 3. The molecule has 3 nitrogen and oxygen atoms in total. The largest absolute Gasteiger partial charge is 0.422 e. The number of rotatable bonds is 3. The van der Waals surface area contributed by atoms with Crippen LogP contribution in [-0.4, -0.2) is 0 Å². The summed E-state index contributed by atoms with van der Waals surface area (Å²) < 4.78 is 5.36. The summed E-state index contributed by atoms with van der Waals surface area (Å²) in [7, 11) is 0. The van der Waals surface area contributed by atoms with Gasteiger partial charge < -0.3 is 9.73 Å². The Balaban J connectivity index is 2.26. The monoisotopic (exact) mass is 299 g/mol. The van der Waals surface area contributed by atoms with Crippen molar-refractivity contribution < 1.29 is 4.42 Å². The lowest BCUT2D eigenvalue weighted by molar-refractivity contribution is 0.552. The molecule has 21 heavy (non-hydrogen) atoms. The fraction of sp³-hybridized carbons (Fsp3) is 0.118. The number of fused-ring (bicyclic) bond motifs is 1. The molecule has 0 aliphatic rings. The van der Waals surface area contributed by atoms with Crippen LogP contribution in [0, 0.1) is 0 Å². The van der Waals surface area contributed by atoms with E-state index in [9.17, 15) is 4.79 Å². The van der Waals surface area contributed by atoms with E-state index >= 15 is 0 Å². The number of benzene rings is 2. The lowest BCUT2D eigenvalue weighted by Crippen LogP contribution is -2.10. The second kappa shape index (κ2) is 5.62. The molecular formula is C17H14ClNO2. The van der Waals surface area contributed by atoms with Gasteiger partial charge in [0, 0.05) is 16.1 Å². The van der Waals surface area contributed by atoms with Crippen molar-refractivity contribution in [3.8, 4) is 0 Å². The van der Waals surface area contributed by atoms with E-state index in [2.05, 4.69) is 5.32 Å². The van der Waals surface area contributed by atoms with Crippen LogP contribution in [0.2, 0.25) is 5.02 Å². The van der Waals surface area contributed by atoms with E-state index in [1.165, 1.54) is 0 Å². The molecule has 3 rings (SSSR count). The Bertz CT molecular complexity index is 841. The van der Waals surface area contributed by atoms with Crippen LogP contribution in [0.4, 0.5) is 11.4 Å². The molecule has 0 amide bonds. The quantitative estimate of drug-likeness (QED) is 0.709. The molecule has 4 heteroatoms. The molecule has 106 valence electrons. The van der Waals surface area contributed by atoms with Crippen molar-refractivity contribution in [2.24, 2.45) is 0 Å². The van der Waals surface area contributed by atoms with Crippen LogP contribution in [0.1, 0.15) is 12.5 Å². The standard InChI is InChI=1S/C17H14ClNO2/c1-2-13-16(19-12-6-4-3-5-7-12)14-10-11(18)8-9-15(14)21-17(13)20/h3-10,19H,2H2,1H3. The fourth-order valence-corrected chi connectivity index (χ4v) is 2.51. The van der Waals surface area contributed by atoms with E-state index in [0.29, 0.717) is 22.6 Å². The fourth-order valence-electron chi connectivity index (χ4n) is 2.34. The maximum Gasteiger partial charge on any atom is 0.341 e. The summed E-state index contributed by atoms with van der Waals surface area (Å²) in [6.45, 7) is 1.93. The second-order valence-corrected chi connectivity index (χ2v) is 5.16. The number of para-hydroxylation sites is 1. The Morgan fingerprint density at radius 3 is 2.62 bits per heavy atom. The van der Waals surface area contributed by atoms with Crippen molar-refractivity contribution in [3.63, 3.8) is 0 Å². The van der Waals surface area contributed by atoms with E-state index in [0.717, 1.165) is 16.8 Å². The zero-order valence-corrected chi connectivity index (χ0v) is 12.3. The van der Waals surface area contributed by atoms with Gasteiger partial charge in [-0.1, -0.05) is 36.7 Å². The molecule has 0 unspecified atom stereocenters. The Labute approximate surface area is 127 Å². The van der Waals surface area contributed by atoms with Gasteiger partial charge in [-0.3, -0.25) is 0 Å². The molecule has 2 aromatic carbocycles. The number of halogens is 1. The molecule has 0 aliphatic carbocycles. The van der Waals surface area contributed by atoms with Crippen LogP contribution in [0.5, 0.6) is 0 Å². The third-order valence-electron chi connectivity index (χ3n) is 3.36. The molecule has 1 aromatic heterocycles. The van der Waals surface area contributed by atoms with E-state index in [4.69, 9.17) is 16.0 Å². The Morgan fingerprint density at radius 2 is 1.90 bits per heavy atom. The van der Waals surface area contributed by atoms with Crippen molar-refractivity contribution in [3.05, 3.63) is 69.5 Å². The SMILES string of the molecule is CCc1c(Nc2ccccc2)c2cc(Cl)ccc2oc1=O. The Morgan fingerprint density at radius 1 is 1.14 bits per heavy atom. The highest BCUT2D eigenvalue weighted by molar-refractivity contribution is 6.31. The summed E-state index contributed by atoms with van der Waals surface area (Å²) >= 11 is 6.08. The summed E-state index contributed by atoms with van der Waals surface area (Å²) in [6, 6.07) is 15.0. The zero-order valence-electron chi connectivity index (χ0n) is 11.5. The van der Waals surface area contributed by atoms with Gasteiger partial charge >= 0.3 is 5.63 Å². The number of hydrogen-bond donors (Lipinski definition) is 1. The first-order chi connectivity index (χ1) is 10.2. The Kier molecular flexibility index (Phi) is 3.67. The van der Waals surface area contributed by atoms with E-state index in [1.54, 1.807) is 12.1 Å². The highest BCUT2D eigenvalue weighted by Crippen LogP contribution is 2.30. The van der Waals surface area contributed by atoms with Crippen LogP contribution in [0.25, 0.3) is 11.0 Å². The average molecular weight is 300 g/mol. The van der Waals surface area contributed by atoms with Crippen LogP contribution < -0.4 is 10.9 Å². The molecule has 1 heterocycles. The summed E-state index contributed by atoms with van der Waals surface area (Å²) in [5.41, 5.74) is 2.51. The first-order valence-electron chi connectivity index (χ1n) is 6.76. The van der Waals surface area contributed by atoms with Crippen LogP contribution in [-0.2, 0) is 6.42 Å². The minimum Gasteiger partial charge on any atom is -0.422 e. The second-order valence-electron chi connectivity index (χ2n) is 4.73. The molecule has 0 saturated carbocycles. The molecule has 0 atom stereocenters. The van der Waals surface area contributed by atoms with E-state index in [-0.39, 0.29) is 5.63 Å². The van der Waals surface area contributed by atoms with Gasteiger partial charge in [-0.25, -0.2) is 4.79 Å². The molecule has 0 bridgehead atoms. The topological polar surface area (TPSA) is 42.2 Å². The normalized spacial score (nSPS) is 10.8. The maximum absolute atomic E-state index is 12.1. The van der Waals surface area contributed by atoms with E-state index in [1.807, 2.05) is 43.3 Å². The molecule has 0 fully saturated rings. The van der Waals surface area contributed by atoms with Gasteiger partial charge in [0.1, 0.15) is 5.58 Å². The number of anilines is 2. The molecule has 0 saturated heterocycles. The van der Waals surface area contributed by atoms with Crippen molar-refractivity contribution in [1.82, 2.24) is 0 Å². The lowest BCUT2D eigenvalue weighted by Gasteiger charge is -2.13. The minimum atomic E-state index is -0.314. The van der Waals surface area contributed by atoms with E-state index < -0.39 is 0 Å². The smallest absolute Gasteiger partial charge is 0.341 e. The first-order valence-corrected chi connectivity index (χ1v) is 7.14.